The predicted octanol–water partition coefficient (Wildman–Crippen LogP) is 2.92. The lowest BCUT2D eigenvalue weighted by atomic mass is 9.94. The smallest absolute Gasteiger partial charge is 0.227 e. The summed E-state index contributed by atoms with van der Waals surface area (Å²) in [5.74, 6) is 1.03. The van der Waals surface area contributed by atoms with E-state index in [4.69, 9.17) is 9.15 Å². The number of nitrogens with zero attached hydrogens (tertiary/aromatic N) is 2. The van der Waals surface area contributed by atoms with Crippen molar-refractivity contribution in [1.29, 1.82) is 0 Å². The van der Waals surface area contributed by atoms with Crippen molar-refractivity contribution in [2.75, 3.05) is 26.2 Å². The van der Waals surface area contributed by atoms with Crippen molar-refractivity contribution in [2.45, 2.75) is 25.5 Å². The highest BCUT2D eigenvalue weighted by molar-refractivity contribution is 5.80. The van der Waals surface area contributed by atoms with Crippen LogP contribution in [0.2, 0.25) is 0 Å². The molecule has 1 aromatic heterocycles. The van der Waals surface area contributed by atoms with Gasteiger partial charge >= 0.3 is 0 Å². The normalized spacial score (nSPS) is 21.4. The van der Waals surface area contributed by atoms with Crippen LogP contribution in [0.1, 0.15) is 18.6 Å². The summed E-state index contributed by atoms with van der Waals surface area (Å²) in [5.41, 5.74) is 0. The Labute approximate surface area is 152 Å². The number of carbonyl (C=O) groups is 1. The third kappa shape index (κ3) is 3.75. The molecule has 0 bridgehead atoms. The number of halogens is 1. The summed E-state index contributed by atoms with van der Waals surface area (Å²) >= 11 is 0. The lowest BCUT2D eigenvalue weighted by molar-refractivity contribution is -0.146. The number of piperidine rings is 1. The molecule has 2 saturated heterocycles. The zero-order chi connectivity index (χ0) is 17.9. The lowest BCUT2D eigenvalue weighted by Crippen LogP contribution is -2.59. The number of amides is 1. The number of benzene rings is 1. The van der Waals surface area contributed by atoms with Gasteiger partial charge in [-0.3, -0.25) is 9.69 Å². The van der Waals surface area contributed by atoms with Crippen molar-refractivity contribution < 1.29 is 18.3 Å². The number of para-hydroxylation sites is 1. The predicted molar refractivity (Wildman–Crippen MR) is 94.1 cm³/mol. The van der Waals surface area contributed by atoms with E-state index in [0.717, 1.165) is 38.2 Å². The van der Waals surface area contributed by atoms with Crippen LogP contribution in [0, 0.1) is 11.7 Å². The fourth-order valence-corrected chi connectivity index (χ4v) is 3.69. The maximum absolute atomic E-state index is 13.6. The molecule has 5 nitrogen and oxygen atoms in total. The topological polar surface area (TPSA) is 45.9 Å². The molecule has 138 valence electrons. The Bertz CT molecular complexity index is 743. The average Bonchev–Trinajstić information content (AvgIpc) is 3.12. The molecule has 1 atom stereocenters. The van der Waals surface area contributed by atoms with E-state index in [0.29, 0.717) is 13.1 Å². The Morgan fingerprint density at radius 2 is 2.04 bits per heavy atom. The lowest BCUT2D eigenvalue weighted by Gasteiger charge is -2.42. The Morgan fingerprint density at radius 3 is 2.81 bits per heavy atom. The van der Waals surface area contributed by atoms with Crippen LogP contribution in [0.25, 0.3) is 0 Å². The van der Waals surface area contributed by atoms with Crippen molar-refractivity contribution in [2.24, 2.45) is 5.92 Å². The summed E-state index contributed by atoms with van der Waals surface area (Å²) in [5, 5.41) is 0. The van der Waals surface area contributed by atoms with Gasteiger partial charge in [0.2, 0.25) is 5.91 Å². The van der Waals surface area contributed by atoms with Gasteiger partial charge in [0.05, 0.1) is 31.8 Å². The fraction of sp³-hybridized carbons (Fsp3) is 0.450. The number of rotatable bonds is 5. The van der Waals surface area contributed by atoms with E-state index in [2.05, 4.69) is 4.90 Å². The summed E-state index contributed by atoms with van der Waals surface area (Å²) in [6.45, 7) is 3.55. The summed E-state index contributed by atoms with van der Waals surface area (Å²) in [4.78, 5) is 16.8. The van der Waals surface area contributed by atoms with E-state index in [1.165, 1.54) is 6.07 Å². The van der Waals surface area contributed by atoms with Crippen molar-refractivity contribution in [3.63, 3.8) is 0 Å². The molecule has 2 aliphatic rings. The van der Waals surface area contributed by atoms with Crippen molar-refractivity contribution in [3.05, 3.63) is 54.2 Å². The standard InChI is InChI=1S/C20H23FN2O3/c21-18-7-1-2-8-19(18)26-17-13-23(14-17)20(24)15-5-3-9-22(11-15)12-16-6-4-10-25-16/h1-2,4,6-8,10,15,17H,3,5,9,11-14H2. The van der Waals surface area contributed by atoms with Gasteiger partial charge in [-0.2, -0.15) is 0 Å². The molecule has 2 aliphatic heterocycles. The number of hydrogen-bond donors (Lipinski definition) is 0. The van der Waals surface area contributed by atoms with Crippen LogP contribution in [0.4, 0.5) is 4.39 Å². The average molecular weight is 358 g/mol. The maximum Gasteiger partial charge on any atom is 0.227 e. The molecule has 4 rings (SSSR count). The summed E-state index contributed by atoms with van der Waals surface area (Å²) in [6.07, 6.45) is 3.49. The van der Waals surface area contributed by atoms with Gasteiger partial charge < -0.3 is 14.1 Å². The molecule has 26 heavy (non-hydrogen) atoms. The molecule has 3 heterocycles. The maximum atomic E-state index is 13.6. The number of likely N-dealkylation sites (tertiary alicyclic amines) is 2. The molecule has 0 radical (unpaired) electrons. The quantitative estimate of drug-likeness (QED) is 0.825. The molecule has 1 aromatic carbocycles. The van der Waals surface area contributed by atoms with E-state index in [1.807, 2.05) is 17.0 Å². The van der Waals surface area contributed by atoms with Gasteiger partial charge in [-0.25, -0.2) is 4.39 Å². The highest BCUT2D eigenvalue weighted by atomic mass is 19.1. The van der Waals surface area contributed by atoms with E-state index in [1.54, 1.807) is 24.5 Å². The molecule has 1 amide bonds. The first-order chi connectivity index (χ1) is 12.7. The molecule has 0 spiro atoms. The molecule has 2 fully saturated rings. The third-order valence-corrected chi connectivity index (χ3v) is 5.10. The van der Waals surface area contributed by atoms with Crippen molar-refractivity contribution in [1.82, 2.24) is 9.80 Å². The van der Waals surface area contributed by atoms with Gasteiger partial charge in [-0.05, 0) is 43.7 Å². The molecule has 0 N–H and O–H groups in total. The van der Waals surface area contributed by atoms with Gasteiger partial charge in [0, 0.05) is 6.54 Å². The van der Waals surface area contributed by atoms with Crippen LogP contribution in [0.3, 0.4) is 0 Å². The summed E-state index contributed by atoms with van der Waals surface area (Å²) in [7, 11) is 0. The van der Waals surface area contributed by atoms with Crippen LogP contribution in [0.15, 0.2) is 47.1 Å². The second-order valence-electron chi connectivity index (χ2n) is 7.07. The van der Waals surface area contributed by atoms with Gasteiger partial charge in [0.25, 0.3) is 0 Å². The van der Waals surface area contributed by atoms with Gasteiger partial charge in [0.15, 0.2) is 11.6 Å². The second kappa shape index (κ2) is 7.50. The Morgan fingerprint density at radius 1 is 1.19 bits per heavy atom. The Hall–Kier alpha value is -2.34. The van der Waals surface area contributed by atoms with Gasteiger partial charge in [-0.1, -0.05) is 12.1 Å². The third-order valence-electron chi connectivity index (χ3n) is 5.10. The minimum Gasteiger partial charge on any atom is -0.484 e. The van der Waals surface area contributed by atoms with E-state index >= 15 is 0 Å². The first-order valence-corrected chi connectivity index (χ1v) is 9.14. The van der Waals surface area contributed by atoms with Gasteiger partial charge in [-0.15, -0.1) is 0 Å². The van der Waals surface area contributed by atoms with Crippen molar-refractivity contribution in [3.8, 4) is 5.75 Å². The van der Waals surface area contributed by atoms with Crippen LogP contribution >= 0.6 is 0 Å². The number of carbonyl (C=O) groups excluding carboxylic acids is 1. The summed E-state index contributed by atoms with van der Waals surface area (Å²) < 4.78 is 24.7. The molecule has 1 unspecified atom stereocenters. The zero-order valence-corrected chi connectivity index (χ0v) is 14.6. The van der Waals surface area contributed by atoms with E-state index < -0.39 is 0 Å². The first kappa shape index (κ1) is 17.1. The zero-order valence-electron chi connectivity index (χ0n) is 14.6. The molecular weight excluding hydrogens is 335 g/mol. The largest absolute Gasteiger partial charge is 0.484 e. The SMILES string of the molecule is O=C(C1CCCN(Cc2ccco2)C1)N1CC(Oc2ccccc2F)C1. The minimum absolute atomic E-state index is 0.0214. The fourth-order valence-electron chi connectivity index (χ4n) is 3.69. The van der Waals surface area contributed by atoms with Crippen molar-refractivity contribution >= 4 is 5.91 Å². The molecular formula is C20H23FN2O3. The second-order valence-corrected chi connectivity index (χ2v) is 7.07. The molecule has 0 saturated carbocycles. The number of hydrogen-bond acceptors (Lipinski definition) is 4. The highest BCUT2D eigenvalue weighted by Gasteiger charge is 2.37. The Kier molecular flexibility index (Phi) is 4.93. The minimum atomic E-state index is -0.363. The van der Waals surface area contributed by atoms with Crippen LogP contribution in [0.5, 0.6) is 5.75 Å². The summed E-state index contributed by atoms with van der Waals surface area (Å²) in [6, 6.07) is 10.2. The van der Waals surface area contributed by atoms with E-state index in [-0.39, 0.29) is 29.5 Å². The molecule has 0 aliphatic carbocycles. The van der Waals surface area contributed by atoms with Crippen LogP contribution in [-0.4, -0.2) is 48.0 Å². The van der Waals surface area contributed by atoms with E-state index in [9.17, 15) is 9.18 Å². The Balaban J connectivity index is 1.26. The van der Waals surface area contributed by atoms with Crippen LogP contribution < -0.4 is 4.74 Å². The number of ether oxygens (including phenoxy) is 1. The van der Waals surface area contributed by atoms with Gasteiger partial charge in [0.1, 0.15) is 11.9 Å². The van der Waals surface area contributed by atoms with Crippen LogP contribution in [-0.2, 0) is 11.3 Å². The monoisotopic (exact) mass is 358 g/mol. The first-order valence-electron chi connectivity index (χ1n) is 9.14. The highest BCUT2D eigenvalue weighted by Crippen LogP contribution is 2.25. The molecule has 6 heteroatoms. The molecule has 2 aromatic rings. The number of furan rings is 1.